The Hall–Kier alpha value is -2.59. The monoisotopic (exact) mass is 970 g/mol. The Balaban J connectivity index is 1.77. The lowest BCUT2D eigenvalue weighted by molar-refractivity contribution is -0.319. The fraction of sp³-hybridized carbons (Fsp3) is 0.860. The molecule has 3 saturated heterocycles. The van der Waals surface area contributed by atoms with E-state index in [-0.39, 0.29) is 37.5 Å². The Morgan fingerprint density at radius 1 is 0.956 bits per heavy atom. The van der Waals surface area contributed by atoms with E-state index in [1.807, 2.05) is 31.1 Å². The maximum atomic E-state index is 14.5. The van der Waals surface area contributed by atoms with Gasteiger partial charge in [0.05, 0.1) is 59.8 Å². The van der Waals surface area contributed by atoms with Crippen LogP contribution in [0.3, 0.4) is 0 Å². The summed E-state index contributed by atoms with van der Waals surface area (Å²) in [5.41, 5.74) is -2.98. The van der Waals surface area contributed by atoms with Gasteiger partial charge in [0.2, 0.25) is 0 Å². The third-order valence-electron chi connectivity index (χ3n) is 15.4. The van der Waals surface area contributed by atoms with E-state index in [2.05, 4.69) is 12.2 Å². The Morgan fingerprint density at radius 3 is 2.16 bits per heavy atom. The van der Waals surface area contributed by atoms with Crippen molar-refractivity contribution in [2.45, 2.75) is 218 Å². The number of ether oxygens (including phenoxy) is 7. The number of esters is 1. The van der Waals surface area contributed by atoms with Gasteiger partial charge in [-0.1, -0.05) is 41.0 Å². The number of likely N-dealkylation sites (N-methyl/N-ethyl adjacent to an activating group) is 1. The highest BCUT2D eigenvalue weighted by Gasteiger charge is 2.54. The van der Waals surface area contributed by atoms with Gasteiger partial charge in [-0.3, -0.25) is 19.3 Å². The van der Waals surface area contributed by atoms with E-state index >= 15 is 0 Å². The van der Waals surface area contributed by atoms with E-state index in [9.17, 15) is 39.9 Å². The highest BCUT2D eigenvalue weighted by atomic mass is 16.7. The molecule has 0 radical (unpaired) electrons. The number of carbonyl (C=O) groups is 3. The molecule has 4 heterocycles. The zero-order chi connectivity index (χ0) is 51.4. The van der Waals surface area contributed by atoms with Crippen molar-refractivity contribution >= 4 is 17.7 Å². The number of methoxy groups -OCH3 is 2. The Morgan fingerprint density at radius 2 is 1.59 bits per heavy atom. The maximum absolute atomic E-state index is 14.5. The maximum Gasteiger partial charge on any atom is 0.311 e. The average Bonchev–Trinajstić information content (AvgIpc) is 3.66. The van der Waals surface area contributed by atoms with Crippen molar-refractivity contribution in [2.75, 3.05) is 27.8 Å². The number of Topliss-reactive ketones (excluding diaryl/α,β-unsaturated/α-hetero) is 1. The molecule has 0 aliphatic carbocycles. The molecule has 0 aromatic carbocycles. The molecule has 0 saturated carbocycles. The van der Waals surface area contributed by atoms with Crippen molar-refractivity contribution in [1.82, 2.24) is 14.8 Å². The molecule has 0 unspecified atom stereocenters. The minimum Gasteiger partial charge on any atom is -0.459 e. The summed E-state index contributed by atoms with van der Waals surface area (Å²) < 4.78 is 46.4. The number of aliphatic hydroxyl groups excluding tert-OH is 4. The number of hydrogen-bond donors (Lipinski definition) is 6. The fourth-order valence-electron chi connectivity index (χ4n) is 10.8. The molecule has 0 bridgehead atoms. The molecule has 4 rings (SSSR count). The predicted molar refractivity (Wildman–Crippen MR) is 252 cm³/mol. The van der Waals surface area contributed by atoms with Gasteiger partial charge >= 0.3 is 5.97 Å². The van der Waals surface area contributed by atoms with Crippen molar-refractivity contribution in [3.05, 3.63) is 23.5 Å². The van der Waals surface area contributed by atoms with E-state index in [0.717, 1.165) is 18.4 Å². The number of aliphatic hydroxyl groups is 5. The summed E-state index contributed by atoms with van der Waals surface area (Å²) in [6.07, 6.45) is -7.56. The number of hydrogen-bond acceptors (Lipinski definition) is 16. The van der Waals surface area contributed by atoms with Gasteiger partial charge in [0.15, 0.2) is 12.6 Å². The number of ketones is 1. The van der Waals surface area contributed by atoms with Crippen LogP contribution in [0.1, 0.15) is 131 Å². The van der Waals surface area contributed by atoms with Crippen LogP contribution in [-0.2, 0) is 56.2 Å². The predicted octanol–water partition coefficient (Wildman–Crippen LogP) is 3.28. The van der Waals surface area contributed by atoms with Crippen LogP contribution in [-0.4, -0.2) is 177 Å². The number of nitrogens with one attached hydrogen (secondary N) is 1. The van der Waals surface area contributed by atoms with Gasteiger partial charge in [0.25, 0.3) is 5.91 Å². The van der Waals surface area contributed by atoms with Gasteiger partial charge in [0.1, 0.15) is 35.4 Å². The second-order valence-electron chi connectivity index (χ2n) is 21.0. The van der Waals surface area contributed by atoms with Crippen LogP contribution in [0.2, 0.25) is 0 Å². The van der Waals surface area contributed by atoms with Crippen LogP contribution in [0, 0.1) is 23.7 Å². The number of carbonyl (C=O) groups excluding carboxylic acids is 3. The smallest absolute Gasteiger partial charge is 0.311 e. The normalized spacial score (nSPS) is 41.2. The molecule has 3 aliphatic rings. The van der Waals surface area contributed by atoms with Crippen LogP contribution >= 0.6 is 0 Å². The lowest BCUT2D eigenvalue weighted by Gasteiger charge is -2.50. The lowest BCUT2D eigenvalue weighted by atomic mass is 9.74. The summed E-state index contributed by atoms with van der Waals surface area (Å²) >= 11 is 0. The molecule has 3 aliphatic heterocycles. The number of nitrogens with zero attached hydrogens (tertiary/aromatic N) is 2. The summed E-state index contributed by atoms with van der Waals surface area (Å²) in [5.74, 6) is -5.24. The van der Waals surface area contributed by atoms with Crippen LogP contribution in [0.4, 0.5) is 0 Å². The number of amides is 1. The first-order valence-corrected chi connectivity index (χ1v) is 24.7. The van der Waals surface area contributed by atoms with E-state index in [1.54, 1.807) is 67.0 Å². The third kappa shape index (κ3) is 12.9. The van der Waals surface area contributed by atoms with Gasteiger partial charge in [-0.05, 0) is 92.8 Å². The Bertz CT molecular complexity index is 1810. The van der Waals surface area contributed by atoms with Crippen LogP contribution in [0.5, 0.6) is 0 Å². The van der Waals surface area contributed by atoms with Crippen molar-refractivity contribution in [1.29, 1.82) is 0 Å². The molecule has 68 heavy (non-hydrogen) atoms. The molecule has 18 heteroatoms. The summed E-state index contributed by atoms with van der Waals surface area (Å²) in [5, 5.41) is 60.7. The molecular formula is C50H87N3O15. The minimum atomic E-state index is -2.02. The van der Waals surface area contributed by atoms with Gasteiger partial charge in [-0.25, -0.2) is 0 Å². The lowest BCUT2D eigenvalue weighted by Crippen LogP contribution is -2.62. The number of rotatable bonds is 15. The molecule has 1 aromatic rings. The summed E-state index contributed by atoms with van der Waals surface area (Å²) in [6.45, 7) is 20.6. The molecule has 3 fully saturated rings. The van der Waals surface area contributed by atoms with Gasteiger partial charge in [0, 0.05) is 64.2 Å². The number of aryl methyl sites for hydroxylation is 2. The molecule has 1 amide bonds. The largest absolute Gasteiger partial charge is 0.459 e. The van der Waals surface area contributed by atoms with E-state index in [0.29, 0.717) is 12.1 Å². The zero-order valence-corrected chi connectivity index (χ0v) is 43.6. The third-order valence-corrected chi connectivity index (χ3v) is 15.4. The molecule has 18 nitrogen and oxygen atoms in total. The summed E-state index contributed by atoms with van der Waals surface area (Å²) in [6, 6.07) is 0.525. The minimum absolute atomic E-state index is 0.0305. The molecular weight excluding hydrogens is 883 g/mol. The highest BCUT2D eigenvalue weighted by Crippen LogP contribution is 2.42. The van der Waals surface area contributed by atoms with Crippen molar-refractivity contribution in [3.8, 4) is 0 Å². The van der Waals surface area contributed by atoms with Crippen molar-refractivity contribution in [3.63, 3.8) is 0 Å². The first kappa shape index (κ1) is 58.0. The standard InChI is InChI=1S/C50H87N3O15/c1-17-19-33-21-36(52(13)24-33)45(59)51-34(31(8)54)25-53(14)35-20-27(4)64-47(40(35)56)68-44-29(6)41(67-38-23-48(10,62-15)43(58)32(9)65-38)30(7)46(60)66-37(18-2)50(12,61)42(57)28(5)39(55)26(3)22-49(44,11)63-16/h21,24,26-32,34-35,37-38,40-44,47,54,56-58,61H,17-20,22-23,25H2,1-16H3,(H,51,59)/t26-,27-,28+,29+,30-,31+,32+,34-,35+,37-,38+,40-,41+,42-,43+,44-,47-,48-,49-,50-/m1/s1. The number of aromatic nitrogens is 1. The molecule has 1 aromatic heterocycles. The van der Waals surface area contributed by atoms with Gasteiger partial charge < -0.3 is 68.6 Å². The second-order valence-corrected chi connectivity index (χ2v) is 21.0. The fourth-order valence-corrected chi connectivity index (χ4v) is 10.8. The highest BCUT2D eigenvalue weighted by molar-refractivity contribution is 5.93. The van der Waals surface area contributed by atoms with Gasteiger partial charge in [-0.2, -0.15) is 0 Å². The first-order valence-electron chi connectivity index (χ1n) is 24.7. The quantitative estimate of drug-likeness (QED) is 0.138. The topological polar surface area (TPSA) is 237 Å². The molecule has 0 spiro atoms. The molecule has 20 atom stereocenters. The van der Waals surface area contributed by atoms with E-state index in [1.165, 1.54) is 28.1 Å². The average molecular weight is 970 g/mol. The van der Waals surface area contributed by atoms with Gasteiger partial charge in [-0.15, -0.1) is 0 Å². The number of cyclic esters (lactones) is 1. The Labute approximate surface area is 404 Å². The Kier molecular flexibility index (Phi) is 20.3. The first-order chi connectivity index (χ1) is 31.6. The van der Waals surface area contributed by atoms with Crippen molar-refractivity contribution in [2.24, 2.45) is 30.7 Å². The van der Waals surface area contributed by atoms with E-state index in [4.69, 9.17) is 33.2 Å². The SMILES string of the molecule is CCCc1cc(C(=O)N[C@H](CN(C)[C@H]2C[C@@H](C)O[C@H](O[C@@H]3[C@@H](C)[C@H](O[C@H]4C[C@@](C)(OC)[C@@H](O)[C@H](C)O4)[C@@H](C)C(=O)O[C@H](CC)[C@@](C)(O)[C@H](O)[C@@H](C)C(=O)[C@H](C)C[C@@]3(C)OC)[C@@H]2O)[C@H](C)O)n(C)c1. The summed E-state index contributed by atoms with van der Waals surface area (Å²) in [4.78, 5) is 44.2. The zero-order valence-electron chi connectivity index (χ0n) is 43.6. The van der Waals surface area contributed by atoms with Crippen molar-refractivity contribution < 1.29 is 73.1 Å². The second kappa shape index (κ2) is 23.8. The molecule has 6 N–H and O–H groups in total. The van der Waals surface area contributed by atoms with Crippen LogP contribution in [0.25, 0.3) is 0 Å². The molecule has 392 valence electrons. The van der Waals surface area contributed by atoms with Crippen LogP contribution in [0.15, 0.2) is 12.3 Å². The van der Waals surface area contributed by atoms with E-state index < -0.39 is 126 Å². The van der Waals surface area contributed by atoms with Crippen LogP contribution < -0.4 is 5.32 Å². The summed E-state index contributed by atoms with van der Waals surface area (Å²) in [7, 11) is 6.57.